The van der Waals surface area contributed by atoms with Crippen LogP contribution in [-0.2, 0) is 0 Å². The van der Waals surface area contributed by atoms with Gasteiger partial charge < -0.3 is 14.1 Å². The van der Waals surface area contributed by atoms with Gasteiger partial charge in [0.25, 0.3) is 5.91 Å². The van der Waals surface area contributed by atoms with Gasteiger partial charge in [0.15, 0.2) is 5.76 Å². The summed E-state index contributed by atoms with van der Waals surface area (Å²) < 4.78 is 10.9. The van der Waals surface area contributed by atoms with Crippen LogP contribution in [0.4, 0.5) is 0 Å². The summed E-state index contributed by atoms with van der Waals surface area (Å²) in [5, 5.41) is 0. The van der Waals surface area contributed by atoms with E-state index in [2.05, 4.69) is 0 Å². The first-order valence-corrected chi connectivity index (χ1v) is 6.57. The second kappa shape index (κ2) is 6.28. The lowest BCUT2D eigenvalue weighted by molar-refractivity contribution is 0.0741. The van der Waals surface area contributed by atoms with Crippen LogP contribution in [0.15, 0.2) is 41.0 Å². The summed E-state index contributed by atoms with van der Waals surface area (Å²) in [7, 11) is 1.74. The zero-order valence-electron chi connectivity index (χ0n) is 12.1. The fourth-order valence-corrected chi connectivity index (χ4v) is 1.88. The highest BCUT2D eigenvalue weighted by Gasteiger charge is 2.17. The normalized spacial score (nSPS) is 10.3. The van der Waals surface area contributed by atoms with Gasteiger partial charge in [-0.05, 0) is 31.5 Å². The van der Waals surface area contributed by atoms with Crippen LogP contribution < -0.4 is 4.74 Å². The Balaban J connectivity index is 1.87. The molecule has 4 nitrogen and oxygen atoms in total. The summed E-state index contributed by atoms with van der Waals surface area (Å²) in [4.78, 5) is 13.7. The standard InChI is InChI=1S/C16H19NO3/c1-12-6-4-5-7-14(12)19-11-9-17(3)16(18)15-13(2)8-10-20-15/h4-8,10H,9,11H2,1-3H3. The van der Waals surface area contributed by atoms with Crippen LogP contribution in [0.1, 0.15) is 21.7 Å². The molecule has 0 spiro atoms. The molecule has 0 saturated heterocycles. The van der Waals surface area contributed by atoms with Gasteiger partial charge >= 0.3 is 0 Å². The number of rotatable bonds is 5. The Bertz CT molecular complexity index is 589. The Hall–Kier alpha value is -2.23. The average molecular weight is 273 g/mol. The van der Waals surface area contributed by atoms with Crippen molar-refractivity contribution in [2.24, 2.45) is 0 Å². The number of para-hydroxylation sites is 1. The van der Waals surface area contributed by atoms with E-state index in [4.69, 9.17) is 9.15 Å². The largest absolute Gasteiger partial charge is 0.491 e. The monoisotopic (exact) mass is 273 g/mol. The molecule has 0 aliphatic carbocycles. The predicted molar refractivity (Wildman–Crippen MR) is 77.1 cm³/mol. The molecule has 1 heterocycles. The van der Waals surface area contributed by atoms with Gasteiger partial charge in [0.1, 0.15) is 12.4 Å². The topological polar surface area (TPSA) is 42.7 Å². The maximum absolute atomic E-state index is 12.1. The van der Waals surface area contributed by atoms with E-state index in [1.165, 1.54) is 6.26 Å². The van der Waals surface area contributed by atoms with Crippen molar-refractivity contribution in [1.82, 2.24) is 4.90 Å². The van der Waals surface area contributed by atoms with Gasteiger partial charge in [0.05, 0.1) is 12.8 Å². The summed E-state index contributed by atoms with van der Waals surface area (Å²) in [6.07, 6.45) is 1.53. The van der Waals surface area contributed by atoms with Crippen molar-refractivity contribution in [3.05, 3.63) is 53.5 Å². The Morgan fingerprint density at radius 1 is 1.20 bits per heavy atom. The molecule has 2 rings (SSSR count). The second-order valence-electron chi connectivity index (χ2n) is 4.77. The quantitative estimate of drug-likeness (QED) is 0.841. The Labute approximate surface area is 119 Å². The number of aryl methyl sites for hydroxylation is 2. The second-order valence-corrected chi connectivity index (χ2v) is 4.77. The lowest BCUT2D eigenvalue weighted by Gasteiger charge is -2.17. The van der Waals surface area contributed by atoms with Crippen molar-refractivity contribution in [3.63, 3.8) is 0 Å². The molecule has 0 atom stereocenters. The van der Waals surface area contributed by atoms with Crippen molar-refractivity contribution < 1.29 is 13.9 Å². The van der Waals surface area contributed by atoms with E-state index in [-0.39, 0.29) is 5.91 Å². The molecular weight excluding hydrogens is 254 g/mol. The maximum Gasteiger partial charge on any atom is 0.289 e. The van der Waals surface area contributed by atoms with Crippen molar-refractivity contribution in [2.45, 2.75) is 13.8 Å². The maximum atomic E-state index is 12.1. The highest BCUT2D eigenvalue weighted by Crippen LogP contribution is 2.16. The summed E-state index contributed by atoms with van der Waals surface area (Å²) >= 11 is 0. The van der Waals surface area contributed by atoms with Crippen LogP contribution in [0.3, 0.4) is 0 Å². The number of hydrogen-bond donors (Lipinski definition) is 0. The van der Waals surface area contributed by atoms with E-state index < -0.39 is 0 Å². The van der Waals surface area contributed by atoms with Crippen molar-refractivity contribution >= 4 is 5.91 Å². The summed E-state index contributed by atoms with van der Waals surface area (Å²) in [5.41, 5.74) is 1.94. The van der Waals surface area contributed by atoms with Crippen LogP contribution in [0, 0.1) is 13.8 Å². The molecule has 106 valence electrons. The average Bonchev–Trinajstić information content (AvgIpc) is 2.86. The number of likely N-dealkylation sites (N-methyl/N-ethyl adjacent to an activating group) is 1. The first-order chi connectivity index (χ1) is 9.59. The Morgan fingerprint density at radius 2 is 1.95 bits per heavy atom. The van der Waals surface area contributed by atoms with Crippen molar-refractivity contribution in [2.75, 3.05) is 20.2 Å². The fourth-order valence-electron chi connectivity index (χ4n) is 1.88. The van der Waals surface area contributed by atoms with Gasteiger partial charge in [-0.25, -0.2) is 0 Å². The molecular formula is C16H19NO3. The minimum absolute atomic E-state index is 0.124. The first-order valence-electron chi connectivity index (χ1n) is 6.57. The number of hydrogen-bond acceptors (Lipinski definition) is 3. The minimum Gasteiger partial charge on any atom is -0.491 e. The van der Waals surface area contributed by atoms with Crippen LogP contribution in [0.25, 0.3) is 0 Å². The van der Waals surface area contributed by atoms with Gasteiger partial charge in [-0.1, -0.05) is 18.2 Å². The zero-order chi connectivity index (χ0) is 14.5. The molecule has 0 unspecified atom stereocenters. The molecule has 20 heavy (non-hydrogen) atoms. The van der Waals surface area contributed by atoms with E-state index in [1.807, 2.05) is 38.1 Å². The number of nitrogens with zero attached hydrogens (tertiary/aromatic N) is 1. The summed E-state index contributed by atoms with van der Waals surface area (Å²) in [6.45, 7) is 4.81. The Morgan fingerprint density at radius 3 is 2.60 bits per heavy atom. The molecule has 0 aliphatic rings. The smallest absolute Gasteiger partial charge is 0.289 e. The minimum atomic E-state index is -0.124. The van der Waals surface area contributed by atoms with Gasteiger partial charge in [-0.2, -0.15) is 0 Å². The predicted octanol–water partition coefficient (Wildman–Crippen LogP) is 3.05. The number of carbonyl (C=O) groups excluding carboxylic acids is 1. The molecule has 1 aromatic heterocycles. The molecule has 0 radical (unpaired) electrons. The molecule has 4 heteroatoms. The van der Waals surface area contributed by atoms with Crippen LogP contribution in [0.2, 0.25) is 0 Å². The number of amides is 1. The van der Waals surface area contributed by atoms with E-state index in [0.29, 0.717) is 18.9 Å². The third-order valence-electron chi connectivity index (χ3n) is 3.18. The number of carbonyl (C=O) groups is 1. The third kappa shape index (κ3) is 3.20. The van der Waals surface area contributed by atoms with Crippen molar-refractivity contribution in [1.29, 1.82) is 0 Å². The highest BCUT2D eigenvalue weighted by atomic mass is 16.5. The summed E-state index contributed by atoms with van der Waals surface area (Å²) in [6, 6.07) is 9.61. The number of benzene rings is 1. The van der Waals surface area contributed by atoms with Crippen LogP contribution >= 0.6 is 0 Å². The van der Waals surface area contributed by atoms with E-state index >= 15 is 0 Å². The zero-order valence-corrected chi connectivity index (χ0v) is 12.1. The molecule has 2 aromatic rings. The van der Waals surface area contributed by atoms with Crippen LogP contribution in [-0.4, -0.2) is 31.0 Å². The van der Waals surface area contributed by atoms with Gasteiger partial charge in [0, 0.05) is 12.6 Å². The lowest BCUT2D eigenvalue weighted by atomic mass is 10.2. The molecule has 0 saturated carbocycles. The molecule has 0 N–H and O–H groups in total. The van der Waals surface area contributed by atoms with Gasteiger partial charge in [-0.15, -0.1) is 0 Å². The highest BCUT2D eigenvalue weighted by molar-refractivity contribution is 5.92. The number of furan rings is 1. The third-order valence-corrected chi connectivity index (χ3v) is 3.18. The molecule has 0 aliphatic heterocycles. The Kier molecular flexibility index (Phi) is 4.45. The summed E-state index contributed by atoms with van der Waals surface area (Å²) in [5.74, 6) is 1.12. The van der Waals surface area contributed by atoms with Gasteiger partial charge in [0.2, 0.25) is 0 Å². The SMILES string of the molecule is Cc1ccccc1OCCN(C)C(=O)c1occc1C. The van der Waals surface area contributed by atoms with Gasteiger partial charge in [-0.3, -0.25) is 4.79 Å². The van der Waals surface area contributed by atoms with E-state index in [0.717, 1.165) is 16.9 Å². The first kappa shape index (κ1) is 14.2. The lowest BCUT2D eigenvalue weighted by Crippen LogP contribution is -2.31. The van der Waals surface area contributed by atoms with Crippen molar-refractivity contribution in [3.8, 4) is 5.75 Å². The molecule has 1 aromatic carbocycles. The molecule has 0 bridgehead atoms. The van der Waals surface area contributed by atoms with Crippen LogP contribution in [0.5, 0.6) is 5.75 Å². The fraction of sp³-hybridized carbons (Fsp3) is 0.312. The molecule has 1 amide bonds. The number of ether oxygens (including phenoxy) is 1. The van der Waals surface area contributed by atoms with E-state index in [1.54, 1.807) is 18.0 Å². The molecule has 0 fully saturated rings. The van der Waals surface area contributed by atoms with E-state index in [9.17, 15) is 4.79 Å².